The zero-order valence-electron chi connectivity index (χ0n) is 33.8. The van der Waals surface area contributed by atoms with E-state index in [1.54, 1.807) is 36.0 Å². The van der Waals surface area contributed by atoms with Gasteiger partial charge >= 0.3 is 29.8 Å². The smallest absolute Gasteiger partial charge is 0.335 e. The fraction of sp³-hybridized carbons (Fsp3) is 0.442. The second kappa shape index (κ2) is 21.6. The number of aliphatic hydroxyl groups excluding tert-OH is 1. The quantitative estimate of drug-likeness (QED) is 0.0715. The van der Waals surface area contributed by atoms with E-state index in [1.165, 1.54) is 13.8 Å². The zero-order valence-corrected chi connectivity index (χ0v) is 35.4. The molecule has 1 unspecified atom stereocenters. The summed E-state index contributed by atoms with van der Waals surface area (Å²) in [7, 11) is 0. The average molecular weight is 868 g/mol. The molecule has 0 amide bonds. The first-order valence-electron chi connectivity index (χ1n) is 19.2. The molecule has 2 aliphatic heterocycles. The Morgan fingerprint density at radius 3 is 1.83 bits per heavy atom. The van der Waals surface area contributed by atoms with Crippen molar-refractivity contribution in [3.63, 3.8) is 0 Å². The summed E-state index contributed by atoms with van der Waals surface area (Å²) in [5, 5.41) is 22.1. The van der Waals surface area contributed by atoms with Crippen LogP contribution < -0.4 is 5.32 Å². The Bertz CT molecular complexity index is 1980. The molecule has 2 saturated heterocycles. The van der Waals surface area contributed by atoms with E-state index in [0.717, 1.165) is 41.0 Å². The molecule has 5 rings (SSSR count). The molecule has 9 atom stereocenters. The van der Waals surface area contributed by atoms with Gasteiger partial charge in [-0.25, -0.2) is 4.79 Å². The van der Waals surface area contributed by atoms with Gasteiger partial charge < -0.3 is 48.7 Å². The largest absolute Gasteiger partial charge is 0.478 e. The number of esters is 4. The zero-order chi connectivity index (χ0) is 43.5. The summed E-state index contributed by atoms with van der Waals surface area (Å²) in [6, 6.07) is 22.0. The average Bonchev–Trinajstić information content (AvgIpc) is 3.21. The van der Waals surface area contributed by atoms with E-state index in [2.05, 4.69) is 12.2 Å². The van der Waals surface area contributed by atoms with Crippen LogP contribution in [0, 0.1) is 5.92 Å². The maximum Gasteiger partial charge on any atom is 0.335 e. The van der Waals surface area contributed by atoms with Gasteiger partial charge in [-0.15, -0.1) is 11.8 Å². The Hall–Kier alpha value is -4.91. The molecule has 15 nitrogen and oxygen atoms in total. The second-order valence-corrected chi connectivity index (χ2v) is 16.0. The van der Waals surface area contributed by atoms with Gasteiger partial charge in [0.05, 0.1) is 29.4 Å². The lowest BCUT2D eigenvalue weighted by Gasteiger charge is -2.44. The summed E-state index contributed by atoms with van der Waals surface area (Å²) in [4.78, 5) is 60.8. The molecule has 0 spiro atoms. The Morgan fingerprint density at radius 1 is 0.700 bits per heavy atom. The molecule has 0 aromatic heterocycles. The van der Waals surface area contributed by atoms with Crippen molar-refractivity contribution >= 4 is 58.8 Å². The Morgan fingerprint density at radius 2 is 1.27 bits per heavy atom. The van der Waals surface area contributed by atoms with Gasteiger partial charge in [0, 0.05) is 62.8 Å². The van der Waals surface area contributed by atoms with E-state index in [0.29, 0.717) is 17.3 Å². The van der Waals surface area contributed by atoms with Crippen molar-refractivity contribution in [2.75, 3.05) is 12.4 Å². The summed E-state index contributed by atoms with van der Waals surface area (Å²) in [5.41, 5.74) is 3.58. The van der Waals surface area contributed by atoms with Crippen LogP contribution in [0.2, 0.25) is 0 Å². The number of rotatable bonds is 16. The van der Waals surface area contributed by atoms with E-state index >= 15 is 0 Å². The van der Waals surface area contributed by atoms with Crippen LogP contribution in [0.3, 0.4) is 0 Å². The predicted molar refractivity (Wildman–Crippen MR) is 220 cm³/mol. The third kappa shape index (κ3) is 12.8. The molecule has 2 fully saturated rings. The topological polar surface area (TPSA) is 202 Å². The third-order valence-corrected chi connectivity index (χ3v) is 11.3. The van der Waals surface area contributed by atoms with Gasteiger partial charge in [0.25, 0.3) is 0 Å². The Balaban J connectivity index is 1.28. The number of hydrogen-bond donors (Lipinski definition) is 3. The van der Waals surface area contributed by atoms with Gasteiger partial charge in [-0.1, -0.05) is 67.7 Å². The molecule has 0 saturated carbocycles. The minimum Gasteiger partial charge on any atom is -0.478 e. The molecule has 0 radical (unpaired) electrons. The van der Waals surface area contributed by atoms with Crippen LogP contribution in [0.4, 0.5) is 0 Å². The number of thioether (sulfide) groups is 1. The van der Waals surface area contributed by atoms with Crippen molar-refractivity contribution in [2.45, 2.75) is 108 Å². The highest BCUT2D eigenvalue weighted by Gasteiger charge is 2.52. The van der Waals surface area contributed by atoms with E-state index < -0.39 is 66.7 Å². The molecular formula is C43H49NO14S2. The van der Waals surface area contributed by atoms with Gasteiger partial charge in [0.2, 0.25) is 0 Å². The number of ether oxygens (including phenoxy) is 7. The highest BCUT2D eigenvalue weighted by atomic mass is 32.2. The number of nitrogens with one attached hydrogen (secondary N) is 1. The van der Waals surface area contributed by atoms with Crippen molar-refractivity contribution < 1.29 is 67.3 Å². The summed E-state index contributed by atoms with van der Waals surface area (Å²) < 4.78 is 41.1. The molecule has 3 aromatic carbocycles. The Kier molecular flexibility index (Phi) is 16.6. The lowest BCUT2D eigenvalue weighted by molar-refractivity contribution is -0.268. The lowest BCUT2D eigenvalue weighted by Crippen LogP contribution is -2.62. The van der Waals surface area contributed by atoms with Gasteiger partial charge in [-0.3, -0.25) is 19.2 Å². The molecule has 2 heterocycles. The molecule has 2 aliphatic rings. The minimum absolute atomic E-state index is 0.00178. The number of carboxylic acids is 1. The van der Waals surface area contributed by atoms with Crippen LogP contribution >= 0.6 is 24.0 Å². The number of aromatic carboxylic acids is 1. The molecule has 17 heteroatoms. The van der Waals surface area contributed by atoms with Crippen LogP contribution in [0.25, 0.3) is 0 Å². The number of aliphatic hydroxyl groups is 1. The summed E-state index contributed by atoms with van der Waals surface area (Å²) in [6.45, 7) is 6.65. The first kappa shape index (κ1) is 46.2. The van der Waals surface area contributed by atoms with Crippen molar-refractivity contribution in [3.05, 3.63) is 101 Å². The number of hydrogen-bond acceptors (Lipinski definition) is 15. The van der Waals surface area contributed by atoms with Gasteiger partial charge in [-0.05, 0) is 41.0 Å². The summed E-state index contributed by atoms with van der Waals surface area (Å²) in [5.74, 6) is -3.22. The molecule has 0 bridgehead atoms. The SMILES string of the molecule is CC(=O)OC[C@H]1O[C@@H](CC(=S)NCc2ccc(C3O[C@H](CSc4ccc(C(=O)O)cc4)[C@H](C)[C@H](c4ccc(CO)cc4)O3)cc2)[C@H](OC(C)=O)[C@@H](OC(C)=O)[C@@H]1OC(C)=O. The standard InChI is InChI=1S/C43H49NO14S2/c1-23-36(22-60-33-16-14-31(15-17-33)42(50)51)57-43(58-38(23)30-10-8-29(20-45)9-11-30)32-12-6-28(7-13-32)19-44-37(59)18-34-39(53-25(3)47)41(55-27(5)49)40(54-26(4)48)35(56-34)21-52-24(2)46/h6-17,23,34-36,38-41,43,45H,18-22H2,1-5H3,(H,44,59)(H,50,51)/t23-,34-,35+,36+,38+,39-,40+,41+,43?/m0/s1. The lowest BCUT2D eigenvalue weighted by atomic mass is 9.91. The van der Waals surface area contributed by atoms with Gasteiger partial charge in [-0.2, -0.15) is 0 Å². The highest BCUT2D eigenvalue weighted by molar-refractivity contribution is 7.99. The van der Waals surface area contributed by atoms with Gasteiger partial charge in [0.15, 0.2) is 24.6 Å². The first-order valence-corrected chi connectivity index (χ1v) is 20.6. The molecule has 0 aliphatic carbocycles. The molecule has 3 aromatic rings. The third-order valence-electron chi connectivity index (χ3n) is 9.85. The van der Waals surface area contributed by atoms with E-state index in [4.69, 9.17) is 45.4 Å². The monoisotopic (exact) mass is 867 g/mol. The number of benzene rings is 3. The van der Waals surface area contributed by atoms with Crippen LogP contribution in [0.5, 0.6) is 0 Å². The maximum absolute atomic E-state index is 12.2. The van der Waals surface area contributed by atoms with Crippen LogP contribution in [-0.4, -0.2) is 94.0 Å². The summed E-state index contributed by atoms with van der Waals surface area (Å²) in [6.07, 6.45) is -7.13. The Labute approximate surface area is 357 Å². The number of carbonyl (C=O) groups excluding carboxylic acids is 4. The second-order valence-electron chi connectivity index (χ2n) is 14.4. The molecule has 60 heavy (non-hydrogen) atoms. The van der Waals surface area contributed by atoms with E-state index in [1.807, 2.05) is 48.5 Å². The van der Waals surface area contributed by atoms with Crippen LogP contribution in [0.15, 0.2) is 77.7 Å². The fourth-order valence-electron chi connectivity index (χ4n) is 6.91. The van der Waals surface area contributed by atoms with Crippen molar-refractivity contribution in [3.8, 4) is 0 Å². The fourth-order valence-corrected chi connectivity index (χ4v) is 8.22. The van der Waals surface area contributed by atoms with Crippen molar-refractivity contribution in [2.24, 2.45) is 5.92 Å². The molecule has 3 N–H and O–H groups in total. The first-order chi connectivity index (χ1) is 28.6. The maximum atomic E-state index is 12.2. The van der Waals surface area contributed by atoms with E-state index in [9.17, 15) is 34.2 Å². The number of carboxylic acid groups (broad SMARTS) is 1. The summed E-state index contributed by atoms with van der Waals surface area (Å²) >= 11 is 7.25. The predicted octanol–water partition coefficient (Wildman–Crippen LogP) is 5.39. The molecular weight excluding hydrogens is 819 g/mol. The normalized spacial score (nSPS) is 25.0. The van der Waals surface area contributed by atoms with Crippen LogP contribution in [0.1, 0.15) is 86.0 Å². The minimum atomic E-state index is -1.29. The van der Waals surface area contributed by atoms with Crippen molar-refractivity contribution in [1.29, 1.82) is 0 Å². The molecule has 322 valence electrons. The van der Waals surface area contributed by atoms with Gasteiger partial charge in [0.1, 0.15) is 18.8 Å². The number of thiocarbonyl (C=S) groups is 1. The highest BCUT2D eigenvalue weighted by Crippen LogP contribution is 2.43. The number of carbonyl (C=O) groups is 5. The van der Waals surface area contributed by atoms with Crippen molar-refractivity contribution in [1.82, 2.24) is 5.32 Å². The van der Waals surface area contributed by atoms with Crippen LogP contribution in [-0.2, 0) is 65.5 Å². The van der Waals surface area contributed by atoms with E-state index in [-0.39, 0.29) is 43.3 Å².